The summed E-state index contributed by atoms with van der Waals surface area (Å²) >= 11 is 0. The molecule has 0 aliphatic carbocycles. The van der Waals surface area contributed by atoms with E-state index >= 15 is 0 Å². The van der Waals surface area contributed by atoms with Crippen LogP contribution >= 0.6 is 12.4 Å². The normalized spacial score (nSPS) is 9.44. The van der Waals surface area contributed by atoms with Crippen LogP contribution in [0.15, 0.2) is 18.2 Å². The molecule has 0 saturated carbocycles. The fourth-order valence-corrected chi connectivity index (χ4v) is 1.07. The molecule has 3 nitrogen and oxygen atoms in total. The number of carbonyl (C=O) groups excluding carboxylic acids is 1. The fraction of sp³-hybridized carbons (Fsp3) is 0.300. The van der Waals surface area contributed by atoms with Gasteiger partial charge in [0, 0.05) is 13.1 Å². The van der Waals surface area contributed by atoms with Crippen LogP contribution in [0.1, 0.15) is 10.4 Å². The van der Waals surface area contributed by atoms with Gasteiger partial charge in [-0.1, -0.05) is 0 Å². The van der Waals surface area contributed by atoms with E-state index in [9.17, 15) is 13.6 Å². The van der Waals surface area contributed by atoms with Crippen molar-refractivity contribution in [2.45, 2.75) is 0 Å². The SMILES string of the molecule is CNCCNC(=O)c1cc(F)ccc1F.Cl. The minimum absolute atomic E-state index is 0. The van der Waals surface area contributed by atoms with Crippen LogP contribution in [0.5, 0.6) is 0 Å². The minimum atomic E-state index is -0.724. The van der Waals surface area contributed by atoms with E-state index in [2.05, 4.69) is 10.6 Å². The molecular weight excluding hydrogens is 238 g/mol. The average molecular weight is 251 g/mol. The van der Waals surface area contributed by atoms with Gasteiger partial charge < -0.3 is 10.6 Å². The van der Waals surface area contributed by atoms with Gasteiger partial charge in [-0.15, -0.1) is 12.4 Å². The molecule has 90 valence electrons. The number of hydrogen-bond donors (Lipinski definition) is 2. The van der Waals surface area contributed by atoms with Gasteiger partial charge in [0.05, 0.1) is 5.56 Å². The van der Waals surface area contributed by atoms with Crippen LogP contribution in [-0.2, 0) is 0 Å². The molecule has 1 aromatic rings. The van der Waals surface area contributed by atoms with Crippen molar-refractivity contribution >= 4 is 18.3 Å². The summed E-state index contributed by atoms with van der Waals surface area (Å²) in [7, 11) is 1.73. The average Bonchev–Trinajstić information content (AvgIpc) is 2.22. The standard InChI is InChI=1S/C10H12F2N2O.ClH/c1-13-4-5-14-10(15)8-6-7(11)2-3-9(8)12;/h2-3,6,13H,4-5H2,1H3,(H,14,15);1H. The number of benzene rings is 1. The monoisotopic (exact) mass is 250 g/mol. The molecule has 1 rings (SSSR count). The lowest BCUT2D eigenvalue weighted by Crippen LogP contribution is -2.31. The Bertz CT molecular complexity index is 361. The third-order valence-corrected chi connectivity index (χ3v) is 1.83. The maximum atomic E-state index is 13.1. The Balaban J connectivity index is 0.00000225. The van der Waals surface area contributed by atoms with Crippen LogP contribution in [0.25, 0.3) is 0 Å². The van der Waals surface area contributed by atoms with E-state index in [-0.39, 0.29) is 18.0 Å². The van der Waals surface area contributed by atoms with Gasteiger partial charge in [-0.05, 0) is 25.2 Å². The Kier molecular flexibility index (Phi) is 6.60. The van der Waals surface area contributed by atoms with E-state index < -0.39 is 17.5 Å². The first-order valence-electron chi connectivity index (χ1n) is 4.53. The Labute approximate surface area is 98.6 Å². The van der Waals surface area contributed by atoms with Crippen LogP contribution in [0.2, 0.25) is 0 Å². The largest absolute Gasteiger partial charge is 0.351 e. The summed E-state index contributed by atoms with van der Waals surface area (Å²) in [6, 6.07) is 2.78. The molecule has 0 aliphatic heterocycles. The molecule has 16 heavy (non-hydrogen) atoms. The molecule has 1 aromatic carbocycles. The molecule has 1 amide bonds. The van der Waals surface area contributed by atoms with Crippen molar-refractivity contribution < 1.29 is 13.6 Å². The number of hydrogen-bond acceptors (Lipinski definition) is 2. The van der Waals surface area contributed by atoms with Crippen molar-refractivity contribution in [3.63, 3.8) is 0 Å². The van der Waals surface area contributed by atoms with Crippen LogP contribution in [0, 0.1) is 11.6 Å². The first kappa shape index (κ1) is 14.8. The molecule has 0 unspecified atom stereocenters. The van der Waals surface area contributed by atoms with Gasteiger partial charge in [-0.25, -0.2) is 8.78 Å². The van der Waals surface area contributed by atoms with Gasteiger partial charge in [-0.2, -0.15) is 0 Å². The Morgan fingerprint density at radius 2 is 2.00 bits per heavy atom. The summed E-state index contributed by atoms with van der Waals surface area (Å²) in [6.45, 7) is 0.938. The van der Waals surface area contributed by atoms with E-state index in [0.717, 1.165) is 18.2 Å². The van der Waals surface area contributed by atoms with Crippen LogP contribution in [-0.4, -0.2) is 26.0 Å². The smallest absolute Gasteiger partial charge is 0.254 e. The molecule has 0 saturated heterocycles. The summed E-state index contributed by atoms with van der Waals surface area (Å²) in [4.78, 5) is 11.3. The maximum Gasteiger partial charge on any atom is 0.254 e. The summed E-state index contributed by atoms with van der Waals surface area (Å²) in [5.74, 6) is -1.96. The van der Waals surface area contributed by atoms with Gasteiger partial charge in [0.1, 0.15) is 11.6 Å². The van der Waals surface area contributed by atoms with Crippen LogP contribution in [0.3, 0.4) is 0 Å². The zero-order valence-corrected chi connectivity index (χ0v) is 9.54. The Hall–Kier alpha value is -1.20. The number of likely N-dealkylation sites (N-methyl/N-ethyl adjacent to an activating group) is 1. The molecule has 0 heterocycles. The van der Waals surface area contributed by atoms with Crippen molar-refractivity contribution in [1.82, 2.24) is 10.6 Å². The van der Waals surface area contributed by atoms with Crippen molar-refractivity contribution in [3.05, 3.63) is 35.4 Å². The highest BCUT2D eigenvalue weighted by Crippen LogP contribution is 2.08. The molecule has 0 spiro atoms. The van der Waals surface area contributed by atoms with E-state index in [1.54, 1.807) is 7.05 Å². The van der Waals surface area contributed by atoms with Crippen molar-refractivity contribution in [2.24, 2.45) is 0 Å². The molecule has 0 bridgehead atoms. The maximum absolute atomic E-state index is 13.1. The lowest BCUT2D eigenvalue weighted by Gasteiger charge is -2.05. The van der Waals surface area contributed by atoms with E-state index in [0.29, 0.717) is 13.1 Å². The second kappa shape index (κ2) is 7.14. The highest BCUT2D eigenvalue weighted by Gasteiger charge is 2.11. The van der Waals surface area contributed by atoms with Gasteiger partial charge in [0.2, 0.25) is 0 Å². The second-order valence-corrected chi connectivity index (χ2v) is 2.98. The van der Waals surface area contributed by atoms with Gasteiger partial charge in [0.25, 0.3) is 5.91 Å². The summed E-state index contributed by atoms with van der Waals surface area (Å²) in [5.41, 5.74) is -0.272. The molecule has 0 aliphatic rings. The third kappa shape index (κ3) is 4.12. The van der Waals surface area contributed by atoms with E-state index in [1.807, 2.05) is 0 Å². The van der Waals surface area contributed by atoms with Crippen LogP contribution < -0.4 is 10.6 Å². The molecule has 6 heteroatoms. The zero-order valence-electron chi connectivity index (χ0n) is 8.72. The first-order valence-corrected chi connectivity index (χ1v) is 4.53. The zero-order chi connectivity index (χ0) is 11.3. The predicted octanol–water partition coefficient (Wildman–Crippen LogP) is 1.34. The summed E-state index contributed by atoms with van der Waals surface area (Å²) in [6.07, 6.45) is 0. The Morgan fingerprint density at radius 3 is 2.62 bits per heavy atom. The lowest BCUT2D eigenvalue weighted by molar-refractivity contribution is 0.0949. The number of nitrogens with one attached hydrogen (secondary N) is 2. The van der Waals surface area contributed by atoms with Gasteiger partial charge in [-0.3, -0.25) is 4.79 Å². The van der Waals surface area contributed by atoms with E-state index in [4.69, 9.17) is 0 Å². The fourth-order valence-electron chi connectivity index (χ4n) is 1.07. The summed E-state index contributed by atoms with van der Waals surface area (Å²) < 4.78 is 25.8. The highest BCUT2D eigenvalue weighted by molar-refractivity contribution is 5.94. The van der Waals surface area contributed by atoms with Gasteiger partial charge in [0.15, 0.2) is 0 Å². The van der Waals surface area contributed by atoms with Crippen molar-refractivity contribution in [3.8, 4) is 0 Å². The predicted molar refractivity (Wildman–Crippen MR) is 59.9 cm³/mol. The molecule has 0 fully saturated rings. The first-order chi connectivity index (χ1) is 7.15. The number of amides is 1. The highest BCUT2D eigenvalue weighted by atomic mass is 35.5. The lowest BCUT2D eigenvalue weighted by atomic mass is 10.2. The molecule has 0 radical (unpaired) electrons. The van der Waals surface area contributed by atoms with Crippen LogP contribution in [0.4, 0.5) is 8.78 Å². The number of halogens is 3. The topological polar surface area (TPSA) is 41.1 Å². The molecule has 0 atom stereocenters. The van der Waals surface area contributed by atoms with Gasteiger partial charge >= 0.3 is 0 Å². The second-order valence-electron chi connectivity index (χ2n) is 2.98. The molecule has 2 N–H and O–H groups in total. The van der Waals surface area contributed by atoms with Crippen molar-refractivity contribution in [1.29, 1.82) is 0 Å². The Morgan fingerprint density at radius 1 is 1.31 bits per heavy atom. The minimum Gasteiger partial charge on any atom is -0.351 e. The quantitative estimate of drug-likeness (QED) is 0.792. The third-order valence-electron chi connectivity index (χ3n) is 1.83. The number of rotatable bonds is 4. The molecular formula is C10H13ClF2N2O. The van der Waals surface area contributed by atoms with Crippen molar-refractivity contribution in [2.75, 3.05) is 20.1 Å². The van der Waals surface area contributed by atoms with E-state index in [1.165, 1.54) is 0 Å². The number of carbonyl (C=O) groups is 1. The summed E-state index contributed by atoms with van der Waals surface area (Å²) in [5, 5.41) is 5.28. The molecule has 0 aromatic heterocycles.